The van der Waals surface area contributed by atoms with Crippen LogP contribution in [0.4, 0.5) is 5.82 Å². The highest BCUT2D eigenvalue weighted by atomic mass is 15.1. The van der Waals surface area contributed by atoms with Crippen molar-refractivity contribution in [2.75, 3.05) is 32.5 Å². The molecule has 0 saturated heterocycles. The monoisotopic (exact) mass is 373 g/mol. The van der Waals surface area contributed by atoms with Crippen LogP contribution < -0.4 is 5.32 Å². The van der Waals surface area contributed by atoms with E-state index >= 15 is 0 Å². The normalized spacial score (nSPS) is 11.6. The molecule has 2 aromatic carbocycles. The zero-order valence-corrected chi connectivity index (χ0v) is 16.8. The number of aromatic nitrogens is 3. The average molecular weight is 374 g/mol. The summed E-state index contributed by atoms with van der Waals surface area (Å²) in [5, 5.41) is 5.82. The summed E-state index contributed by atoms with van der Waals surface area (Å²) in [7, 11) is 4.22. The molecular weight excluding hydrogens is 346 g/mol. The lowest BCUT2D eigenvalue weighted by molar-refractivity contribution is 0.396. The first-order valence-corrected chi connectivity index (χ1v) is 9.86. The zero-order valence-electron chi connectivity index (χ0n) is 16.8. The molecule has 144 valence electrons. The number of hydrogen-bond acceptors (Lipinski definition) is 4. The van der Waals surface area contributed by atoms with Crippen LogP contribution in [0, 0.1) is 6.92 Å². The van der Waals surface area contributed by atoms with Gasteiger partial charge in [-0.3, -0.25) is 0 Å². The Bertz CT molecular complexity index is 1100. The van der Waals surface area contributed by atoms with Gasteiger partial charge in [0.1, 0.15) is 5.82 Å². The van der Waals surface area contributed by atoms with Crippen molar-refractivity contribution in [2.24, 2.45) is 0 Å². The highest BCUT2D eigenvalue weighted by molar-refractivity contribution is 5.93. The summed E-state index contributed by atoms with van der Waals surface area (Å²) >= 11 is 0. The molecule has 0 aliphatic rings. The molecule has 5 nitrogen and oxygen atoms in total. The first kappa shape index (κ1) is 18.4. The summed E-state index contributed by atoms with van der Waals surface area (Å²) in [6, 6.07) is 16.5. The van der Waals surface area contributed by atoms with E-state index in [9.17, 15) is 0 Å². The van der Waals surface area contributed by atoms with Gasteiger partial charge in [-0.05, 0) is 64.2 Å². The van der Waals surface area contributed by atoms with Crippen molar-refractivity contribution in [1.82, 2.24) is 19.9 Å². The number of aromatic amines is 1. The second-order valence-corrected chi connectivity index (χ2v) is 7.52. The van der Waals surface area contributed by atoms with Gasteiger partial charge in [-0.2, -0.15) is 0 Å². The van der Waals surface area contributed by atoms with E-state index in [1.54, 1.807) is 0 Å². The number of hydrogen-bond donors (Lipinski definition) is 2. The second kappa shape index (κ2) is 7.98. The van der Waals surface area contributed by atoms with E-state index < -0.39 is 0 Å². The average Bonchev–Trinajstić information content (AvgIpc) is 3.04. The fourth-order valence-corrected chi connectivity index (χ4v) is 3.59. The Morgan fingerprint density at radius 2 is 1.68 bits per heavy atom. The Balaban J connectivity index is 1.68. The maximum absolute atomic E-state index is 4.90. The van der Waals surface area contributed by atoms with Crippen LogP contribution in [-0.2, 0) is 0 Å². The lowest BCUT2D eigenvalue weighted by atomic mass is 10.1. The number of nitrogens with one attached hydrogen (secondary N) is 2. The molecule has 0 radical (unpaired) electrons. The van der Waals surface area contributed by atoms with Crippen LogP contribution in [0.3, 0.4) is 0 Å². The maximum atomic E-state index is 4.90. The SMILES string of the molecule is Cc1c(-c2nc(NCCCCN(C)C)c3ccccc3n2)[nH]c2ccccc12. The highest BCUT2D eigenvalue weighted by Crippen LogP contribution is 2.30. The molecule has 2 aromatic heterocycles. The number of anilines is 1. The Hall–Kier alpha value is -2.92. The third-order valence-electron chi connectivity index (χ3n) is 5.12. The van der Waals surface area contributed by atoms with Crippen LogP contribution in [0.15, 0.2) is 48.5 Å². The van der Waals surface area contributed by atoms with Crippen molar-refractivity contribution in [3.8, 4) is 11.5 Å². The molecule has 4 aromatic rings. The molecular formula is C23H27N5. The molecule has 0 aliphatic carbocycles. The number of rotatable bonds is 7. The molecule has 2 N–H and O–H groups in total. The van der Waals surface area contributed by atoms with Crippen LogP contribution in [0.25, 0.3) is 33.3 Å². The number of para-hydroxylation sites is 2. The van der Waals surface area contributed by atoms with E-state index in [1.807, 2.05) is 18.2 Å². The van der Waals surface area contributed by atoms with Gasteiger partial charge in [-0.15, -0.1) is 0 Å². The number of H-pyrrole nitrogens is 1. The van der Waals surface area contributed by atoms with Crippen LogP contribution >= 0.6 is 0 Å². The summed E-state index contributed by atoms with van der Waals surface area (Å²) in [4.78, 5) is 15.5. The first-order valence-electron chi connectivity index (χ1n) is 9.86. The third-order valence-corrected chi connectivity index (χ3v) is 5.12. The van der Waals surface area contributed by atoms with E-state index in [4.69, 9.17) is 9.97 Å². The van der Waals surface area contributed by atoms with E-state index in [1.165, 1.54) is 10.9 Å². The minimum Gasteiger partial charge on any atom is -0.369 e. The van der Waals surface area contributed by atoms with Crippen LogP contribution in [0.5, 0.6) is 0 Å². The fraction of sp³-hybridized carbons (Fsp3) is 0.304. The first-order chi connectivity index (χ1) is 13.6. The van der Waals surface area contributed by atoms with E-state index in [2.05, 4.69) is 66.6 Å². The summed E-state index contributed by atoms with van der Waals surface area (Å²) in [6.45, 7) is 4.13. The van der Waals surface area contributed by atoms with E-state index in [-0.39, 0.29) is 0 Å². The topological polar surface area (TPSA) is 56.8 Å². The van der Waals surface area contributed by atoms with Crippen LogP contribution in [0.1, 0.15) is 18.4 Å². The second-order valence-electron chi connectivity index (χ2n) is 7.52. The summed E-state index contributed by atoms with van der Waals surface area (Å²) < 4.78 is 0. The van der Waals surface area contributed by atoms with Crippen molar-refractivity contribution in [3.63, 3.8) is 0 Å². The van der Waals surface area contributed by atoms with Crippen molar-refractivity contribution in [3.05, 3.63) is 54.1 Å². The molecule has 4 rings (SSSR count). The van der Waals surface area contributed by atoms with Crippen LogP contribution in [0.2, 0.25) is 0 Å². The Kier molecular flexibility index (Phi) is 5.26. The largest absolute Gasteiger partial charge is 0.369 e. The standard InChI is InChI=1S/C23H27N5/c1-16-17-10-4-6-12-19(17)25-21(16)23-26-20-13-7-5-11-18(20)22(27-23)24-14-8-9-15-28(2)3/h4-7,10-13,25H,8-9,14-15H2,1-3H3,(H,24,26,27). The summed E-state index contributed by atoms with van der Waals surface area (Å²) in [5.74, 6) is 1.65. The molecule has 0 fully saturated rings. The fourth-order valence-electron chi connectivity index (χ4n) is 3.59. The zero-order chi connectivity index (χ0) is 19.5. The smallest absolute Gasteiger partial charge is 0.178 e. The van der Waals surface area contributed by atoms with Gasteiger partial charge in [-0.1, -0.05) is 30.3 Å². The summed E-state index contributed by atoms with van der Waals surface area (Å²) in [6.07, 6.45) is 2.27. The molecule has 0 aliphatic heterocycles. The number of fused-ring (bicyclic) bond motifs is 2. The Morgan fingerprint density at radius 3 is 2.46 bits per heavy atom. The molecule has 0 bridgehead atoms. The van der Waals surface area contributed by atoms with Crippen molar-refractivity contribution in [2.45, 2.75) is 19.8 Å². The minimum atomic E-state index is 0.739. The molecule has 28 heavy (non-hydrogen) atoms. The van der Waals surface area contributed by atoms with E-state index in [0.717, 1.165) is 59.7 Å². The van der Waals surface area contributed by atoms with Crippen molar-refractivity contribution >= 4 is 27.6 Å². The van der Waals surface area contributed by atoms with Gasteiger partial charge in [0.25, 0.3) is 0 Å². The Morgan fingerprint density at radius 1 is 0.929 bits per heavy atom. The van der Waals surface area contributed by atoms with E-state index in [0.29, 0.717) is 0 Å². The van der Waals surface area contributed by atoms with Gasteiger partial charge in [0.15, 0.2) is 5.82 Å². The van der Waals surface area contributed by atoms with Gasteiger partial charge in [0, 0.05) is 22.8 Å². The predicted octanol–water partition coefficient (Wildman–Crippen LogP) is 4.84. The maximum Gasteiger partial charge on any atom is 0.178 e. The van der Waals surface area contributed by atoms with Crippen LogP contribution in [-0.4, -0.2) is 47.0 Å². The molecule has 2 heterocycles. The van der Waals surface area contributed by atoms with Crippen molar-refractivity contribution < 1.29 is 0 Å². The van der Waals surface area contributed by atoms with Crippen molar-refractivity contribution in [1.29, 1.82) is 0 Å². The summed E-state index contributed by atoms with van der Waals surface area (Å²) in [5.41, 5.74) is 4.25. The number of benzene rings is 2. The van der Waals surface area contributed by atoms with Gasteiger partial charge in [0.2, 0.25) is 0 Å². The Labute approximate surface area is 165 Å². The number of aryl methyl sites for hydroxylation is 1. The third kappa shape index (κ3) is 3.71. The molecule has 0 unspecified atom stereocenters. The van der Waals surface area contributed by atoms with Gasteiger partial charge in [0.05, 0.1) is 11.2 Å². The molecule has 0 atom stereocenters. The predicted molar refractivity (Wildman–Crippen MR) is 118 cm³/mol. The van der Waals surface area contributed by atoms with Gasteiger partial charge >= 0.3 is 0 Å². The quantitative estimate of drug-likeness (QED) is 0.455. The minimum absolute atomic E-state index is 0.739. The molecule has 0 saturated carbocycles. The number of nitrogens with zero attached hydrogens (tertiary/aromatic N) is 3. The molecule has 5 heteroatoms. The lowest BCUT2D eigenvalue weighted by Crippen LogP contribution is -2.14. The number of unbranched alkanes of at least 4 members (excludes halogenated alkanes) is 1. The van der Waals surface area contributed by atoms with Gasteiger partial charge in [-0.25, -0.2) is 9.97 Å². The molecule has 0 spiro atoms. The highest BCUT2D eigenvalue weighted by Gasteiger charge is 2.14. The lowest BCUT2D eigenvalue weighted by Gasteiger charge is -2.12. The molecule has 0 amide bonds. The van der Waals surface area contributed by atoms with Gasteiger partial charge < -0.3 is 15.2 Å².